The molecule has 0 radical (unpaired) electrons. The molecule has 5 nitrogen and oxygen atoms in total. The molecule has 0 amide bonds. The fraction of sp³-hybridized carbons (Fsp3) is 0.733. The van der Waals surface area contributed by atoms with E-state index in [1.54, 1.807) is 17.0 Å². The van der Waals surface area contributed by atoms with Gasteiger partial charge in [-0.15, -0.1) is 0 Å². The van der Waals surface area contributed by atoms with E-state index in [9.17, 15) is 4.79 Å². The summed E-state index contributed by atoms with van der Waals surface area (Å²) < 4.78 is 1.77. The average molecular weight is 278 g/mol. The Kier molecular flexibility index (Phi) is 4.81. The van der Waals surface area contributed by atoms with Crippen molar-refractivity contribution in [2.75, 3.05) is 11.4 Å². The van der Waals surface area contributed by atoms with Crippen molar-refractivity contribution in [2.45, 2.75) is 58.7 Å². The molecular formula is C15H26N4O. The van der Waals surface area contributed by atoms with Crippen LogP contribution in [0.5, 0.6) is 0 Å². The maximum Gasteiger partial charge on any atom is 0.293 e. The molecule has 2 heterocycles. The third-order valence-corrected chi connectivity index (χ3v) is 4.00. The van der Waals surface area contributed by atoms with E-state index in [1.807, 2.05) is 0 Å². The van der Waals surface area contributed by atoms with Gasteiger partial charge in [-0.25, -0.2) is 4.98 Å². The van der Waals surface area contributed by atoms with Crippen LogP contribution >= 0.6 is 0 Å². The standard InChI is InChI=1S/C15H26N4O/c1-11(2)10-18-8-7-17-14(15(18)20)19-12(3)5-4-6-13(19)9-16/h7-8,11-13H,4-6,9-10,16H2,1-3H3. The van der Waals surface area contributed by atoms with Gasteiger partial charge in [0.15, 0.2) is 5.82 Å². The van der Waals surface area contributed by atoms with Gasteiger partial charge in [-0.05, 0) is 32.1 Å². The van der Waals surface area contributed by atoms with Gasteiger partial charge in [0.25, 0.3) is 5.56 Å². The summed E-state index contributed by atoms with van der Waals surface area (Å²) in [5.74, 6) is 1.00. The van der Waals surface area contributed by atoms with Crippen LogP contribution < -0.4 is 16.2 Å². The smallest absolute Gasteiger partial charge is 0.293 e. The maximum absolute atomic E-state index is 12.6. The van der Waals surface area contributed by atoms with Crippen molar-refractivity contribution in [1.82, 2.24) is 9.55 Å². The summed E-state index contributed by atoms with van der Waals surface area (Å²) in [5.41, 5.74) is 5.89. The number of hydrogen-bond donors (Lipinski definition) is 1. The monoisotopic (exact) mass is 278 g/mol. The highest BCUT2D eigenvalue weighted by atomic mass is 16.1. The summed E-state index contributed by atoms with van der Waals surface area (Å²) >= 11 is 0. The molecule has 1 aliphatic heterocycles. The van der Waals surface area contributed by atoms with Gasteiger partial charge in [-0.1, -0.05) is 13.8 Å². The molecule has 2 atom stereocenters. The van der Waals surface area contributed by atoms with E-state index in [4.69, 9.17) is 5.73 Å². The van der Waals surface area contributed by atoms with Crippen molar-refractivity contribution in [3.63, 3.8) is 0 Å². The number of rotatable bonds is 4. The Labute approximate surface area is 120 Å². The minimum Gasteiger partial charge on any atom is -0.345 e. The maximum atomic E-state index is 12.6. The number of nitrogens with two attached hydrogens (primary N) is 1. The van der Waals surface area contributed by atoms with Gasteiger partial charge in [0.1, 0.15) is 0 Å². The Morgan fingerprint density at radius 2 is 2.20 bits per heavy atom. The lowest BCUT2D eigenvalue weighted by atomic mass is 9.96. The van der Waals surface area contributed by atoms with Crippen LogP contribution in [0.2, 0.25) is 0 Å². The summed E-state index contributed by atoms with van der Waals surface area (Å²) in [5, 5.41) is 0. The Morgan fingerprint density at radius 1 is 1.45 bits per heavy atom. The largest absolute Gasteiger partial charge is 0.345 e. The molecule has 0 spiro atoms. The Hall–Kier alpha value is -1.36. The van der Waals surface area contributed by atoms with E-state index in [2.05, 4.69) is 30.7 Å². The molecule has 1 aliphatic rings. The van der Waals surface area contributed by atoms with E-state index in [-0.39, 0.29) is 11.6 Å². The summed E-state index contributed by atoms with van der Waals surface area (Å²) in [6, 6.07) is 0.557. The van der Waals surface area contributed by atoms with Gasteiger partial charge in [0.05, 0.1) is 0 Å². The predicted molar refractivity (Wildman–Crippen MR) is 82.0 cm³/mol. The van der Waals surface area contributed by atoms with Crippen molar-refractivity contribution in [3.8, 4) is 0 Å². The molecule has 1 fully saturated rings. The second-order valence-corrected chi connectivity index (χ2v) is 6.18. The zero-order chi connectivity index (χ0) is 14.7. The van der Waals surface area contributed by atoms with Crippen LogP contribution in [-0.2, 0) is 6.54 Å². The minimum atomic E-state index is 0.00778. The third-order valence-electron chi connectivity index (χ3n) is 4.00. The first-order valence-corrected chi connectivity index (χ1v) is 7.58. The molecule has 0 aromatic carbocycles. The fourth-order valence-corrected chi connectivity index (χ4v) is 3.05. The minimum absolute atomic E-state index is 0.00778. The summed E-state index contributed by atoms with van der Waals surface area (Å²) in [7, 11) is 0. The van der Waals surface area contributed by atoms with Crippen LogP contribution in [0.25, 0.3) is 0 Å². The number of aromatic nitrogens is 2. The highest BCUT2D eigenvalue weighted by Crippen LogP contribution is 2.25. The van der Waals surface area contributed by atoms with E-state index in [1.165, 1.54) is 6.42 Å². The lowest BCUT2D eigenvalue weighted by molar-refractivity contribution is 0.394. The Balaban J connectivity index is 2.37. The second-order valence-electron chi connectivity index (χ2n) is 6.18. The van der Waals surface area contributed by atoms with Crippen molar-refractivity contribution in [1.29, 1.82) is 0 Å². The van der Waals surface area contributed by atoms with Crippen LogP contribution in [0.1, 0.15) is 40.0 Å². The number of hydrogen-bond acceptors (Lipinski definition) is 4. The van der Waals surface area contributed by atoms with E-state index in [0.29, 0.717) is 24.3 Å². The topological polar surface area (TPSA) is 64.2 Å². The van der Waals surface area contributed by atoms with Gasteiger partial charge in [0, 0.05) is 37.6 Å². The van der Waals surface area contributed by atoms with Crippen LogP contribution in [0.15, 0.2) is 17.2 Å². The van der Waals surface area contributed by atoms with Crippen molar-refractivity contribution < 1.29 is 0 Å². The highest BCUT2D eigenvalue weighted by molar-refractivity contribution is 5.39. The molecule has 2 rings (SSSR count). The molecule has 2 N–H and O–H groups in total. The van der Waals surface area contributed by atoms with E-state index in [0.717, 1.165) is 19.4 Å². The normalized spacial score (nSPS) is 23.4. The van der Waals surface area contributed by atoms with Gasteiger partial charge in [-0.3, -0.25) is 4.79 Å². The third kappa shape index (κ3) is 3.03. The number of piperidine rings is 1. The van der Waals surface area contributed by atoms with E-state index >= 15 is 0 Å². The molecule has 1 aromatic rings. The molecule has 1 saturated heterocycles. The average Bonchev–Trinajstić information content (AvgIpc) is 2.41. The zero-order valence-electron chi connectivity index (χ0n) is 12.7. The number of anilines is 1. The van der Waals surface area contributed by atoms with E-state index < -0.39 is 0 Å². The van der Waals surface area contributed by atoms with Crippen LogP contribution in [0.4, 0.5) is 5.82 Å². The summed E-state index contributed by atoms with van der Waals surface area (Å²) in [4.78, 5) is 19.1. The summed E-state index contributed by atoms with van der Waals surface area (Å²) in [6.07, 6.45) is 6.82. The van der Waals surface area contributed by atoms with Gasteiger partial charge >= 0.3 is 0 Å². The molecule has 112 valence electrons. The highest BCUT2D eigenvalue weighted by Gasteiger charge is 2.30. The molecular weight excluding hydrogens is 252 g/mol. The Bertz CT molecular complexity index is 497. The second kappa shape index (κ2) is 6.39. The Morgan fingerprint density at radius 3 is 2.85 bits per heavy atom. The first-order chi connectivity index (χ1) is 9.54. The SMILES string of the molecule is CC(C)Cn1ccnc(N2C(C)CCCC2CN)c1=O. The molecule has 1 aromatic heterocycles. The molecule has 2 unspecified atom stereocenters. The van der Waals surface area contributed by atoms with Crippen molar-refractivity contribution in [3.05, 3.63) is 22.7 Å². The van der Waals surface area contributed by atoms with Crippen LogP contribution in [-0.4, -0.2) is 28.2 Å². The number of nitrogens with zero attached hydrogens (tertiary/aromatic N) is 3. The molecule has 5 heteroatoms. The van der Waals surface area contributed by atoms with Crippen LogP contribution in [0, 0.1) is 5.92 Å². The molecule has 0 bridgehead atoms. The van der Waals surface area contributed by atoms with Crippen LogP contribution in [0.3, 0.4) is 0 Å². The fourth-order valence-electron chi connectivity index (χ4n) is 3.05. The van der Waals surface area contributed by atoms with Gasteiger partial charge in [0.2, 0.25) is 0 Å². The van der Waals surface area contributed by atoms with Crippen molar-refractivity contribution in [2.24, 2.45) is 11.7 Å². The van der Waals surface area contributed by atoms with Crippen molar-refractivity contribution >= 4 is 5.82 Å². The van der Waals surface area contributed by atoms with Gasteiger partial charge < -0.3 is 15.2 Å². The van der Waals surface area contributed by atoms with Gasteiger partial charge in [-0.2, -0.15) is 0 Å². The summed E-state index contributed by atoms with van der Waals surface area (Å²) in [6.45, 7) is 7.68. The zero-order valence-corrected chi connectivity index (χ0v) is 12.7. The quantitative estimate of drug-likeness (QED) is 0.908. The first-order valence-electron chi connectivity index (χ1n) is 7.58. The predicted octanol–water partition coefficient (Wildman–Crippen LogP) is 1.61. The first kappa shape index (κ1) is 15.0. The molecule has 0 saturated carbocycles. The molecule has 20 heavy (non-hydrogen) atoms. The lowest BCUT2D eigenvalue weighted by Crippen LogP contribution is -2.51. The lowest BCUT2D eigenvalue weighted by Gasteiger charge is -2.40. The molecule has 0 aliphatic carbocycles.